The van der Waals surface area contributed by atoms with Gasteiger partial charge in [0.15, 0.2) is 0 Å². The third-order valence-corrected chi connectivity index (χ3v) is 17.5. The first-order valence-electron chi connectivity index (χ1n) is 38.0. The molecular weight excluding hydrogens is 1720 g/mol. The average Bonchev–Trinajstić information content (AvgIpc) is 1.57. The molecule has 4 aliphatic heterocycles. The summed E-state index contributed by atoms with van der Waals surface area (Å²) >= 11 is 0. The van der Waals surface area contributed by atoms with Crippen LogP contribution in [0.15, 0.2) is 177 Å². The van der Waals surface area contributed by atoms with Crippen LogP contribution < -0.4 is 49.2 Å². The molecule has 27 heteroatoms. The minimum atomic E-state index is -4.56. The number of fused-ring (bicyclic) bond motifs is 10. The van der Waals surface area contributed by atoms with Gasteiger partial charge >= 0.3 is 54.5 Å². The molecule has 0 aliphatic carbocycles. The van der Waals surface area contributed by atoms with E-state index >= 15 is 0 Å². The Morgan fingerprint density at radius 2 is 0.670 bits per heavy atom. The molecule has 536 valence electrons. The molecule has 0 amide bonds. The summed E-state index contributed by atoms with van der Waals surface area (Å²) in [5.74, 6) is 2.07. The Kier molecular flexibility index (Phi) is 16.3. The molecule has 14 aromatic rings. The van der Waals surface area contributed by atoms with Crippen LogP contribution in [0.1, 0.15) is 61.0 Å². The van der Waals surface area contributed by atoms with Crippen LogP contribution in [0.2, 0.25) is 0 Å². The van der Waals surface area contributed by atoms with Crippen molar-refractivity contribution in [2.24, 2.45) is 0 Å². The summed E-state index contributed by atoms with van der Waals surface area (Å²) in [5.41, 5.74) is 12.7. The summed E-state index contributed by atoms with van der Waals surface area (Å²) in [6, 6.07) is 38.5. The van der Waals surface area contributed by atoms with Gasteiger partial charge in [-0.25, -0.2) is 39.9 Å². The normalized spacial score (nSPS) is 15.7. The van der Waals surface area contributed by atoms with Crippen molar-refractivity contribution in [3.05, 3.63) is 261 Å². The standard InChI is InChI=1S/2C27H25N8.C14H6F6N.C11H7N2.2Pt/c2*1-17-10-18(2)23(19(3)11-17)20-12-21(34-15-32(4)24-26(34)30-8-6-28-24)14-22(13-20)35-16-33(5)25-27(35)31-9-7-29-25;15-13(16,17)7-1-3-11-9(5-7)10-6-8(14(18,19)20)2-4-12(10)21-11;1-2-4-10-8(3-1)9-5-6-12-7-11(9)13-10;;/h2*6-13,15-16H,1-5H3;1-6H;1-7H;;/q2*-3;2*-1;2*+4/i2*4D3,5D3;;;;. The monoisotopic (exact) mass is 1790 g/mol. The van der Waals surface area contributed by atoms with E-state index < -0.39 is 51.4 Å². The van der Waals surface area contributed by atoms with Gasteiger partial charge in [-0.2, -0.15) is 26.3 Å². The summed E-state index contributed by atoms with van der Waals surface area (Å²) in [7, 11) is 0. The fourth-order valence-electron chi connectivity index (χ4n) is 13.2. The molecule has 0 radical (unpaired) electrons. The number of alkyl halides is 6. The molecule has 106 heavy (non-hydrogen) atoms. The zero-order valence-corrected chi connectivity index (χ0v) is 61.0. The number of hydrogen-bond donors (Lipinski definition) is 0. The SMILES string of the molecule is FC(F)(F)c1ccc2[n-]c3ccc(C(F)(F)F)cc3c2c1.[2H]C([2H])([2H])N1[CH-]N(c2[c-]c(N3[CH-]N(C([2H])([2H])[2H])c4nccnc43)cc(-c3c(C)cc(C)cc3C)c2)c2nccnc21.[2H]C([2H])([2H])N1[CH-]N(c2[c-]c(N3[CH-]N(C([2H])([2H])[2H])c4nccnc43)cc(-c3c(C)cc(C)cc3C)c2)c2nccnc21.[Pt+4].[Pt+4].c1ccc2c(c1)[n-]c1cnccc12. The number of aryl methyl sites for hydroxylation is 6. The Balaban J connectivity index is 0.000000146. The van der Waals surface area contributed by atoms with Gasteiger partial charge in [0.05, 0.1) is 11.1 Å². The summed E-state index contributed by atoms with van der Waals surface area (Å²) in [6.45, 7) is 7.94. The molecule has 0 saturated carbocycles. The number of benzene rings is 7. The van der Waals surface area contributed by atoms with E-state index in [4.69, 9.17) is 16.4 Å². The van der Waals surface area contributed by atoms with Crippen LogP contribution in [0, 0.1) is 80.3 Å². The van der Waals surface area contributed by atoms with E-state index in [1.165, 1.54) is 87.0 Å². The van der Waals surface area contributed by atoms with Gasteiger partial charge in [-0.15, -0.1) is 119 Å². The van der Waals surface area contributed by atoms with Crippen molar-refractivity contribution in [1.29, 1.82) is 0 Å². The van der Waals surface area contributed by atoms with Crippen LogP contribution in [-0.4, -0.2) is 72.8 Å². The summed E-state index contributed by atoms with van der Waals surface area (Å²) < 4.78 is 173. The molecule has 0 saturated heterocycles. The van der Waals surface area contributed by atoms with Crippen LogP contribution >= 0.6 is 0 Å². The predicted molar refractivity (Wildman–Crippen MR) is 395 cm³/mol. The number of anilines is 12. The van der Waals surface area contributed by atoms with Gasteiger partial charge in [-0.05, 0) is 143 Å². The van der Waals surface area contributed by atoms with Crippen molar-refractivity contribution in [3.63, 3.8) is 0 Å². The van der Waals surface area contributed by atoms with E-state index in [0.29, 0.717) is 46.0 Å². The quantitative estimate of drug-likeness (QED) is 0.114. The molecule has 0 bridgehead atoms. The number of hydrogen-bond acceptors (Lipinski definition) is 17. The number of nitrogens with zero attached hydrogens (tertiary/aromatic N) is 19. The maximum Gasteiger partial charge on any atom is 4.00 e. The van der Waals surface area contributed by atoms with Crippen molar-refractivity contribution in [2.45, 2.75) is 53.9 Å². The van der Waals surface area contributed by atoms with E-state index in [1.54, 1.807) is 32.0 Å². The zero-order valence-electron chi connectivity index (χ0n) is 68.4. The van der Waals surface area contributed by atoms with Crippen LogP contribution in [-0.2, 0) is 54.5 Å². The molecule has 19 nitrogen and oxygen atoms in total. The van der Waals surface area contributed by atoms with Gasteiger partial charge in [0, 0.05) is 78.4 Å². The Labute approximate surface area is 653 Å². The second-order valence-electron chi connectivity index (χ2n) is 24.7. The van der Waals surface area contributed by atoms with Crippen molar-refractivity contribution in [3.8, 4) is 22.3 Å². The number of para-hydroxylation sites is 1. The van der Waals surface area contributed by atoms with Crippen LogP contribution in [0.25, 0.3) is 65.9 Å². The fourth-order valence-corrected chi connectivity index (χ4v) is 13.2. The van der Waals surface area contributed by atoms with Crippen molar-refractivity contribution in [2.75, 3.05) is 67.1 Å². The van der Waals surface area contributed by atoms with E-state index in [1.807, 2.05) is 90.1 Å². The maximum atomic E-state index is 12.7. The van der Waals surface area contributed by atoms with Gasteiger partial charge in [-0.1, -0.05) is 83.9 Å². The maximum absolute atomic E-state index is 12.7. The molecule has 7 aromatic carbocycles. The average molecular weight is 1790 g/mol. The molecule has 0 N–H and O–H groups in total. The Hall–Kier alpha value is -11.0. The van der Waals surface area contributed by atoms with Crippen LogP contribution in [0.5, 0.6) is 0 Å². The molecule has 11 heterocycles. The predicted octanol–water partition coefficient (Wildman–Crippen LogP) is 17.5. The van der Waals surface area contributed by atoms with Gasteiger partial charge in [0.25, 0.3) is 0 Å². The third-order valence-electron chi connectivity index (χ3n) is 17.5. The number of aromatic nitrogens is 11. The first-order valence-corrected chi connectivity index (χ1v) is 32.0. The molecule has 0 spiro atoms. The fraction of sp³-hybridized carbons (Fsp3) is 0.152. The van der Waals surface area contributed by atoms with Gasteiger partial charge in [0.2, 0.25) is 0 Å². The van der Waals surface area contributed by atoms with Crippen LogP contribution in [0.4, 0.5) is 95.6 Å². The number of pyridine rings is 1. The first-order chi connectivity index (χ1) is 54.8. The van der Waals surface area contributed by atoms with Gasteiger partial charge in [0.1, 0.15) is 46.5 Å². The summed E-state index contributed by atoms with van der Waals surface area (Å²) in [4.78, 5) is 58.2. The van der Waals surface area contributed by atoms with Crippen LogP contribution in [0.3, 0.4) is 0 Å². The Morgan fingerprint density at radius 3 is 1.01 bits per heavy atom. The topological polar surface area (TPSA) is 170 Å². The zero-order chi connectivity index (χ0) is 82.6. The van der Waals surface area contributed by atoms with Gasteiger partial charge < -0.3 is 49.2 Å². The van der Waals surface area contributed by atoms with E-state index in [-0.39, 0.29) is 87.2 Å². The molecule has 0 fully saturated rings. The van der Waals surface area contributed by atoms with E-state index in [9.17, 15) is 26.3 Å². The second kappa shape index (κ2) is 29.1. The molecule has 0 unspecified atom stereocenters. The summed E-state index contributed by atoms with van der Waals surface area (Å²) in [5, 5.41) is 2.52. The minimum absolute atomic E-state index is 0. The van der Waals surface area contributed by atoms with Gasteiger partial charge in [-0.3, -0.25) is 4.98 Å². The molecule has 18 rings (SSSR count). The smallest absolute Gasteiger partial charge is 0.657 e. The minimum Gasteiger partial charge on any atom is -0.657 e. The molecule has 0 atom stereocenters. The van der Waals surface area contributed by atoms with E-state index in [2.05, 4.69) is 97.3 Å². The van der Waals surface area contributed by atoms with Crippen molar-refractivity contribution < 1.29 is 84.9 Å². The number of rotatable bonds is 6. The molecular formula is C79H63F6N19Pt2. The van der Waals surface area contributed by atoms with Crippen molar-refractivity contribution in [1.82, 2.24) is 54.8 Å². The Bertz CT molecular complexity index is 5560. The number of halogens is 6. The largest absolute Gasteiger partial charge is 4.00 e. The Morgan fingerprint density at radius 1 is 0.358 bits per heavy atom. The third kappa shape index (κ3) is 14.0. The first kappa shape index (κ1) is 59.2. The summed E-state index contributed by atoms with van der Waals surface area (Å²) in [6.07, 6.45) is 6.24. The van der Waals surface area contributed by atoms with E-state index in [0.717, 1.165) is 123 Å². The molecule has 4 aliphatic rings. The second-order valence-corrected chi connectivity index (χ2v) is 24.7. The van der Waals surface area contributed by atoms with Crippen molar-refractivity contribution >= 4 is 113 Å². The molecule has 7 aromatic heterocycles.